The molecule has 0 saturated heterocycles. The zero-order valence-corrected chi connectivity index (χ0v) is 18.5. The van der Waals surface area contributed by atoms with Crippen LogP contribution >= 0.6 is 34.2 Å². The normalized spacial score (nSPS) is 14.9. The molecule has 3 aromatic heterocycles. The van der Waals surface area contributed by atoms with E-state index in [0.29, 0.717) is 22.2 Å². The zero-order chi connectivity index (χ0) is 20.7. The van der Waals surface area contributed by atoms with Gasteiger partial charge in [-0.15, -0.1) is 10.2 Å². The molecule has 4 aromatic rings. The second-order valence-corrected chi connectivity index (χ2v) is 10.5. The Morgan fingerprint density at radius 1 is 1.28 bits per heavy atom. The van der Waals surface area contributed by atoms with Crippen LogP contribution in [0.25, 0.3) is 22.4 Å². The molecule has 5 rings (SSSR count). The van der Waals surface area contributed by atoms with Crippen LogP contribution in [-0.2, 0) is 10.0 Å². The van der Waals surface area contributed by atoms with E-state index in [2.05, 4.69) is 10.2 Å². The molecule has 1 aliphatic carbocycles. The van der Waals surface area contributed by atoms with Gasteiger partial charge in [0.05, 0.1) is 16.5 Å². The summed E-state index contributed by atoms with van der Waals surface area (Å²) in [5, 5.41) is 7.33. The number of nitrogens with zero attached hydrogens (tertiary/aromatic N) is 5. The van der Waals surface area contributed by atoms with Crippen molar-refractivity contribution in [2.24, 2.45) is 0 Å². The predicted molar refractivity (Wildman–Crippen MR) is 114 cm³/mol. The molecule has 150 valence electrons. The Morgan fingerprint density at radius 3 is 2.66 bits per heavy atom. The Hall–Kier alpha value is -1.99. The van der Waals surface area contributed by atoms with Crippen molar-refractivity contribution in [1.29, 1.82) is 0 Å². The van der Waals surface area contributed by atoms with Crippen molar-refractivity contribution in [1.82, 2.24) is 23.1 Å². The fraction of sp³-hybridized carbons (Fsp3) is 0.235. The molecule has 1 saturated carbocycles. The van der Waals surface area contributed by atoms with E-state index in [1.165, 1.54) is 22.7 Å². The highest BCUT2D eigenvalue weighted by Crippen LogP contribution is 2.35. The number of pyridine rings is 1. The Morgan fingerprint density at radius 2 is 2.00 bits per heavy atom. The van der Waals surface area contributed by atoms with E-state index in [9.17, 15) is 17.6 Å². The molecule has 0 spiro atoms. The lowest BCUT2D eigenvalue weighted by molar-refractivity contribution is 0.584. The molecule has 0 bridgehead atoms. The third kappa shape index (κ3) is 2.66. The van der Waals surface area contributed by atoms with Gasteiger partial charge >= 0.3 is 5.69 Å². The largest absolute Gasteiger partial charge is 0.347 e. The molecule has 0 N–H and O–H groups in total. The number of aromatic nitrogens is 5. The predicted octanol–water partition coefficient (Wildman–Crippen LogP) is 2.88. The van der Waals surface area contributed by atoms with E-state index in [4.69, 9.17) is 11.6 Å². The first-order valence-corrected chi connectivity index (χ1v) is 11.5. The summed E-state index contributed by atoms with van der Waals surface area (Å²) < 4.78 is 44.7. The summed E-state index contributed by atoms with van der Waals surface area (Å²) in [6.07, 6.45) is 2.40. The SMILES string of the molecule is Cc1nnc2c(Cl)c3c(cn12)n(S(=O)(=O)C1CC1)c(=O)n3-c1ccc(I)cc1F. The molecular weight excluding hydrogens is 536 g/mol. The van der Waals surface area contributed by atoms with Crippen LogP contribution in [0.3, 0.4) is 0 Å². The first-order chi connectivity index (χ1) is 13.7. The Balaban J connectivity index is 2.01. The van der Waals surface area contributed by atoms with Crippen LogP contribution in [0.2, 0.25) is 5.02 Å². The van der Waals surface area contributed by atoms with Gasteiger partial charge in [-0.1, -0.05) is 11.6 Å². The maximum Gasteiger partial charge on any atom is 0.347 e. The van der Waals surface area contributed by atoms with Crippen LogP contribution in [-0.4, -0.2) is 36.8 Å². The van der Waals surface area contributed by atoms with Crippen molar-refractivity contribution < 1.29 is 12.8 Å². The zero-order valence-electron chi connectivity index (χ0n) is 14.8. The highest BCUT2D eigenvalue weighted by atomic mass is 127. The van der Waals surface area contributed by atoms with Crippen molar-refractivity contribution in [3.05, 3.63) is 55.1 Å². The number of halogens is 3. The van der Waals surface area contributed by atoms with E-state index in [1.54, 1.807) is 13.0 Å². The Labute approximate surface area is 182 Å². The van der Waals surface area contributed by atoms with Crippen molar-refractivity contribution >= 4 is 60.9 Å². The van der Waals surface area contributed by atoms with Gasteiger partial charge in [-0.05, 0) is 60.6 Å². The summed E-state index contributed by atoms with van der Waals surface area (Å²) >= 11 is 8.49. The molecule has 0 aliphatic heterocycles. The van der Waals surface area contributed by atoms with E-state index in [0.717, 1.165) is 8.54 Å². The van der Waals surface area contributed by atoms with Gasteiger partial charge in [0.1, 0.15) is 22.2 Å². The third-order valence-corrected chi connectivity index (χ3v) is 8.12. The second kappa shape index (κ2) is 6.25. The van der Waals surface area contributed by atoms with Crippen molar-refractivity contribution in [3.63, 3.8) is 0 Å². The molecule has 3 heterocycles. The molecule has 0 radical (unpaired) electrons. The number of hydrogen-bond donors (Lipinski definition) is 0. The maximum absolute atomic E-state index is 14.8. The Kier molecular flexibility index (Phi) is 4.10. The average Bonchev–Trinajstić information content (AvgIpc) is 3.39. The number of fused-ring (bicyclic) bond motifs is 2. The standard InChI is InChI=1S/C17H12ClFIN5O3S/c1-8-21-22-16-14(18)15-13(7-23(8)16)25(29(27,28)10-3-4-10)17(26)24(15)12-5-2-9(20)6-11(12)19/h2,5-7,10H,3-4H2,1H3. The monoisotopic (exact) mass is 547 g/mol. The van der Waals surface area contributed by atoms with E-state index in [1.807, 2.05) is 22.6 Å². The van der Waals surface area contributed by atoms with Crippen LogP contribution in [0.15, 0.2) is 29.2 Å². The fourth-order valence-electron chi connectivity index (χ4n) is 3.37. The van der Waals surface area contributed by atoms with Gasteiger partial charge < -0.3 is 0 Å². The molecule has 1 aromatic carbocycles. The maximum atomic E-state index is 14.8. The quantitative estimate of drug-likeness (QED) is 0.368. The van der Waals surface area contributed by atoms with Gasteiger partial charge in [0.2, 0.25) is 10.0 Å². The number of aryl methyl sites for hydroxylation is 1. The molecule has 0 atom stereocenters. The van der Waals surface area contributed by atoms with Crippen LogP contribution < -0.4 is 5.69 Å². The van der Waals surface area contributed by atoms with Gasteiger partial charge in [0.25, 0.3) is 0 Å². The summed E-state index contributed by atoms with van der Waals surface area (Å²) in [5.74, 6) is -0.199. The van der Waals surface area contributed by atoms with Gasteiger partial charge in [-0.25, -0.2) is 17.6 Å². The summed E-state index contributed by atoms with van der Waals surface area (Å²) in [5.41, 5.74) is -0.612. The summed E-state index contributed by atoms with van der Waals surface area (Å²) in [6.45, 7) is 1.68. The molecule has 8 nitrogen and oxygen atoms in total. The lowest BCUT2D eigenvalue weighted by Crippen LogP contribution is -2.31. The van der Waals surface area contributed by atoms with Crippen LogP contribution in [0.4, 0.5) is 4.39 Å². The average molecular weight is 548 g/mol. The number of benzene rings is 1. The van der Waals surface area contributed by atoms with Crippen molar-refractivity contribution in [2.75, 3.05) is 0 Å². The Bertz CT molecular complexity index is 1500. The molecular formula is C17H12ClFIN5O3S. The molecule has 12 heteroatoms. The molecule has 1 aliphatic rings. The van der Waals surface area contributed by atoms with Gasteiger partial charge in [0, 0.05) is 9.77 Å². The summed E-state index contributed by atoms with van der Waals surface area (Å²) in [7, 11) is -3.97. The highest BCUT2D eigenvalue weighted by molar-refractivity contribution is 14.1. The van der Waals surface area contributed by atoms with E-state index >= 15 is 0 Å². The number of hydrogen-bond acceptors (Lipinski definition) is 5. The second-order valence-electron chi connectivity index (χ2n) is 6.84. The highest BCUT2D eigenvalue weighted by Gasteiger charge is 2.40. The van der Waals surface area contributed by atoms with Gasteiger partial charge in [-0.2, -0.15) is 3.97 Å². The fourth-order valence-corrected chi connectivity index (χ4v) is 5.87. The third-order valence-electron chi connectivity index (χ3n) is 4.92. The molecule has 1 fully saturated rings. The molecule has 0 unspecified atom stereocenters. The van der Waals surface area contributed by atoms with Gasteiger partial charge in [0.15, 0.2) is 5.65 Å². The van der Waals surface area contributed by atoms with Crippen LogP contribution in [0.5, 0.6) is 0 Å². The van der Waals surface area contributed by atoms with Crippen molar-refractivity contribution in [3.8, 4) is 5.69 Å². The first-order valence-electron chi connectivity index (χ1n) is 8.59. The van der Waals surface area contributed by atoms with E-state index in [-0.39, 0.29) is 27.4 Å². The summed E-state index contributed by atoms with van der Waals surface area (Å²) in [4.78, 5) is 13.3. The van der Waals surface area contributed by atoms with Crippen molar-refractivity contribution in [2.45, 2.75) is 25.0 Å². The number of imidazole rings is 1. The first kappa shape index (κ1) is 19.0. The summed E-state index contributed by atoms with van der Waals surface area (Å²) in [6, 6.07) is 4.30. The van der Waals surface area contributed by atoms with Gasteiger partial charge in [-0.3, -0.25) is 8.97 Å². The van der Waals surface area contributed by atoms with Crippen LogP contribution in [0, 0.1) is 16.3 Å². The molecule has 0 amide bonds. The minimum atomic E-state index is -3.97. The minimum Gasteiger partial charge on any atom is -0.283 e. The number of rotatable bonds is 3. The van der Waals surface area contributed by atoms with Crippen LogP contribution in [0.1, 0.15) is 18.7 Å². The topological polar surface area (TPSA) is 91.3 Å². The lowest BCUT2D eigenvalue weighted by atomic mass is 10.3. The molecule has 29 heavy (non-hydrogen) atoms. The lowest BCUT2D eigenvalue weighted by Gasteiger charge is -2.07. The minimum absolute atomic E-state index is 0.0166. The van der Waals surface area contributed by atoms with E-state index < -0.39 is 26.8 Å². The smallest absolute Gasteiger partial charge is 0.283 e.